The van der Waals surface area contributed by atoms with Crippen molar-refractivity contribution in [3.05, 3.63) is 59.4 Å². The highest BCUT2D eigenvalue weighted by Crippen LogP contribution is 2.24. The minimum absolute atomic E-state index is 0.0888. The summed E-state index contributed by atoms with van der Waals surface area (Å²) >= 11 is 0. The van der Waals surface area contributed by atoms with Crippen LogP contribution in [0.25, 0.3) is 0 Å². The predicted octanol–water partition coefficient (Wildman–Crippen LogP) is 3.57. The SMILES string of the molecule is CC[C@H](NS(=O)(=O)c1ccc(F)cc1C)c1ccc(OC)cc1. The molecule has 0 unspecified atom stereocenters. The Morgan fingerprint density at radius 2 is 1.83 bits per heavy atom. The maximum Gasteiger partial charge on any atom is 0.241 e. The molecular weight excluding hydrogens is 317 g/mol. The van der Waals surface area contributed by atoms with Crippen LogP contribution >= 0.6 is 0 Å². The Balaban J connectivity index is 2.29. The molecule has 0 heterocycles. The molecule has 0 amide bonds. The number of benzene rings is 2. The van der Waals surface area contributed by atoms with Crippen LogP contribution in [-0.2, 0) is 10.0 Å². The maximum absolute atomic E-state index is 13.2. The zero-order valence-electron chi connectivity index (χ0n) is 13.3. The van der Waals surface area contributed by atoms with Crippen molar-refractivity contribution in [2.45, 2.75) is 31.2 Å². The van der Waals surface area contributed by atoms with Crippen LogP contribution in [0.3, 0.4) is 0 Å². The van der Waals surface area contributed by atoms with Gasteiger partial charge in [-0.05, 0) is 54.8 Å². The first-order valence-corrected chi connectivity index (χ1v) is 8.78. The molecule has 1 atom stereocenters. The summed E-state index contributed by atoms with van der Waals surface area (Å²) < 4.78 is 46.1. The molecule has 1 N–H and O–H groups in total. The van der Waals surface area contributed by atoms with Crippen molar-refractivity contribution in [2.24, 2.45) is 0 Å². The van der Waals surface area contributed by atoms with E-state index < -0.39 is 15.8 Å². The van der Waals surface area contributed by atoms with Crippen LogP contribution in [0.4, 0.5) is 4.39 Å². The van der Waals surface area contributed by atoms with Gasteiger partial charge in [0.1, 0.15) is 11.6 Å². The molecule has 0 aromatic heterocycles. The van der Waals surface area contributed by atoms with Crippen molar-refractivity contribution in [1.82, 2.24) is 4.72 Å². The summed E-state index contributed by atoms with van der Waals surface area (Å²) in [7, 11) is -2.16. The first-order valence-electron chi connectivity index (χ1n) is 7.30. The summed E-state index contributed by atoms with van der Waals surface area (Å²) in [6.07, 6.45) is 0.589. The van der Waals surface area contributed by atoms with E-state index in [1.54, 1.807) is 26.2 Å². The van der Waals surface area contributed by atoms with Gasteiger partial charge in [0, 0.05) is 6.04 Å². The fourth-order valence-electron chi connectivity index (χ4n) is 2.39. The third-order valence-corrected chi connectivity index (χ3v) is 5.28. The normalized spacial score (nSPS) is 12.9. The van der Waals surface area contributed by atoms with Gasteiger partial charge in [-0.2, -0.15) is 0 Å². The Labute approximate surface area is 136 Å². The lowest BCUT2D eigenvalue weighted by Gasteiger charge is -2.18. The third kappa shape index (κ3) is 4.09. The van der Waals surface area contributed by atoms with Gasteiger partial charge in [0.2, 0.25) is 10.0 Å². The molecular formula is C17H20FNO3S. The van der Waals surface area contributed by atoms with Gasteiger partial charge in [0.05, 0.1) is 12.0 Å². The molecule has 0 fully saturated rings. The molecule has 124 valence electrons. The van der Waals surface area contributed by atoms with E-state index >= 15 is 0 Å². The van der Waals surface area contributed by atoms with E-state index in [0.29, 0.717) is 17.7 Å². The van der Waals surface area contributed by atoms with Gasteiger partial charge in [-0.1, -0.05) is 19.1 Å². The standard InChI is InChI=1S/C17H20FNO3S/c1-4-16(13-5-8-15(22-3)9-6-13)19-23(20,21)17-10-7-14(18)11-12(17)2/h5-11,16,19H,4H2,1-3H3/t16-/m0/s1. The van der Waals surface area contributed by atoms with E-state index in [1.807, 2.05) is 19.1 Å². The van der Waals surface area contributed by atoms with Crippen molar-refractivity contribution < 1.29 is 17.5 Å². The smallest absolute Gasteiger partial charge is 0.241 e. The number of aryl methyl sites for hydroxylation is 1. The summed E-state index contributed by atoms with van der Waals surface area (Å²) in [5.41, 5.74) is 1.22. The second-order valence-electron chi connectivity index (χ2n) is 5.27. The average Bonchev–Trinajstić information content (AvgIpc) is 2.52. The minimum Gasteiger partial charge on any atom is -0.497 e. The van der Waals surface area contributed by atoms with Crippen molar-refractivity contribution >= 4 is 10.0 Å². The summed E-state index contributed by atoms with van der Waals surface area (Å²) in [6, 6.07) is 10.5. The lowest BCUT2D eigenvalue weighted by Crippen LogP contribution is -2.28. The van der Waals surface area contributed by atoms with E-state index in [9.17, 15) is 12.8 Å². The molecule has 4 nitrogen and oxygen atoms in total. The highest BCUT2D eigenvalue weighted by atomic mass is 32.2. The molecule has 23 heavy (non-hydrogen) atoms. The molecule has 0 saturated heterocycles. The van der Waals surface area contributed by atoms with Crippen LogP contribution < -0.4 is 9.46 Å². The molecule has 2 aromatic carbocycles. The first-order chi connectivity index (χ1) is 10.9. The fourth-order valence-corrected chi connectivity index (χ4v) is 3.92. The molecule has 2 aromatic rings. The van der Waals surface area contributed by atoms with Crippen molar-refractivity contribution in [2.75, 3.05) is 7.11 Å². The molecule has 0 bridgehead atoms. The first kappa shape index (κ1) is 17.4. The van der Waals surface area contributed by atoms with E-state index in [0.717, 1.165) is 11.6 Å². The van der Waals surface area contributed by atoms with Gasteiger partial charge in [0.15, 0.2) is 0 Å². The Kier molecular flexibility index (Phi) is 5.38. The van der Waals surface area contributed by atoms with Gasteiger partial charge in [-0.15, -0.1) is 0 Å². The monoisotopic (exact) mass is 337 g/mol. The summed E-state index contributed by atoms with van der Waals surface area (Å²) in [4.78, 5) is 0.0888. The zero-order valence-corrected chi connectivity index (χ0v) is 14.2. The van der Waals surface area contributed by atoms with E-state index in [-0.39, 0.29) is 10.9 Å². The van der Waals surface area contributed by atoms with Crippen LogP contribution in [0.15, 0.2) is 47.4 Å². The second-order valence-corrected chi connectivity index (χ2v) is 6.95. The minimum atomic E-state index is -3.73. The van der Waals surface area contributed by atoms with Crippen LogP contribution in [0.2, 0.25) is 0 Å². The Bertz CT molecular complexity index is 773. The van der Waals surface area contributed by atoms with Crippen LogP contribution in [0.1, 0.15) is 30.5 Å². The average molecular weight is 337 g/mol. The number of methoxy groups -OCH3 is 1. The summed E-state index contributed by atoms with van der Waals surface area (Å²) in [5.74, 6) is 0.254. The second kappa shape index (κ2) is 7.10. The highest BCUT2D eigenvalue weighted by Gasteiger charge is 2.22. The molecule has 0 saturated carbocycles. The van der Waals surface area contributed by atoms with Crippen LogP contribution in [-0.4, -0.2) is 15.5 Å². The van der Waals surface area contributed by atoms with Crippen molar-refractivity contribution in [3.63, 3.8) is 0 Å². The molecule has 0 radical (unpaired) electrons. The van der Waals surface area contributed by atoms with Crippen LogP contribution in [0.5, 0.6) is 5.75 Å². The van der Waals surface area contributed by atoms with E-state index in [2.05, 4.69) is 4.72 Å². The van der Waals surface area contributed by atoms with Crippen molar-refractivity contribution in [3.8, 4) is 5.75 Å². The Hall–Kier alpha value is -1.92. The number of nitrogens with one attached hydrogen (secondary N) is 1. The highest BCUT2D eigenvalue weighted by molar-refractivity contribution is 7.89. The van der Waals surface area contributed by atoms with Gasteiger partial charge in [-0.25, -0.2) is 17.5 Å². The molecule has 0 spiro atoms. The summed E-state index contributed by atoms with van der Waals surface area (Å²) in [6.45, 7) is 3.47. The molecule has 0 aliphatic heterocycles. The van der Waals surface area contributed by atoms with Crippen molar-refractivity contribution in [1.29, 1.82) is 0 Å². The topological polar surface area (TPSA) is 55.4 Å². The molecule has 0 aliphatic rings. The number of halogens is 1. The van der Waals surface area contributed by atoms with Gasteiger partial charge >= 0.3 is 0 Å². The summed E-state index contributed by atoms with van der Waals surface area (Å²) in [5, 5.41) is 0. The van der Waals surface area contributed by atoms with Gasteiger partial charge in [0.25, 0.3) is 0 Å². The van der Waals surface area contributed by atoms with Crippen LogP contribution in [0, 0.1) is 12.7 Å². The molecule has 6 heteroatoms. The van der Waals surface area contributed by atoms with Gasteiger partial charge < -0.3 is 4.74 Å². The van der Waals surface area contributed by atoms with E-state index in [4.69, 9.17) is 4.74 Å². The zero-order chi connectivity index (χ0) is 17.0. The maximum atomic E-state index is 13.2. The predicted molar refractivity (Wildman–Crippen MR) is 87.5 cm³/mol. The Morgan fingerprint density at radius 1 is 1.17 bits per heavy atom. The molecule has 0 aliphatic carbocycles. The number of hydrogen-bond acceptors (Lipinski definition) is 3. The lowest BCUT2D eigenvalue weighted by molar-refractivity contribution is 0.414. The largest absolute Gasteiger partial charge is 0.497 e. The molecule has 2 rings (SSSR count). The quantitative estimate of drug-likeness (QED) is 0.877. The lowest BCUT2D eigenvalue weighted by atomic mass is 10.1. The fraction of sp³-hybridized carbons (Fsp3) is 0.294. The Morgan fingerprint density at radius 3 is 2.35 bits per heavy atom. The number of rotatable bonds is 6. The number of sulfonamides is 1. The van der Waals surface area contributed by atoms with E-state index in [1.165, 1.54) is 12.1 Å². The number of hydrogen-bond donors (Lipinski definition) is 1. The number of ether oxygens (including phenoxy) is 1. The third-order valence-electron chi connectivity index (χ3n) is 3.65. The van der Waals surface area contributed by atoms with Gasteiger partial charge in [-0.3, -0.25) is 0 Å².